The summed E-state index contributed by atoms with van der Waals surface area (Å²) in [6, 6.07) is 13.2. The Kier molecular flexibility index (Phi) is 8.13. The molecule has 31 heavy (non-hydrogen) atoms. The summed E-state index contributed by atoms with van der Waals surface area (Å²) in [6.07, 6.45) is -0.901. The summed E-state index contributed by atoms with van der Waals surface area (Å²) < 4.78 is 11.3. The molecule has 0 N–H and O–H groups in total. The van der Waals surface area contributed by atoms with Crippen molar-refractivity contribution in [1.29, 1.82) is 0 Å². The minimum atomic E-state index is -0.901. The van der Waals surface area contributed by atoms with Gasteiger partial charge in [0.25, 0.3) is 0 Å². The molecule has 0 aliphatic rings. The van der Waals surface area contributed by atoms with Gasteiger partial charge in [0.2, 0.25) is 5.91 Å². The largest absolute Gasteiger partial charge is 0.767 e. The lowest BCUT2D eigenvalue weighted by Crippen LogP contribution is -2.52. The molecule has 2 rings (SSSR count). The molecular weight excluding hydrogens is 398 g/mol. The third-order valence-corrected chi connectivity index (χ3v) is 4.43. The number of hydroxylamine groups is 1. The molecule has 1 aromatic carbocycles. The molecule has 0 saturated heterocycles. The Bertz CT molecular complexity index is 896. The molecule has 0 fully saturated rings. The van der Waals surface area contributed by atoms with Gasteiger partial charge >= 0.3 is 5.97 Å². The minimum Gasteiger partial charge on any atom is -0.767 e. The highest BCUT2D eigenvalue weighted by Crippen LogP contribution is 2.25. The van der Waals surface area contributed by atoms with Crippen LogP contribution in [0.1, 0.15) is 57.7 Å². The maximum Gasteiger partial charge on any atom is 0.303 e. The number of esters is 1. The standard InChI is InChI=1S/C23H30N3O5/c1-16-21(30-15-19-10-8-7-9-11-19)13-12-20(24-16)22(31-18(3)28)14-25(17(2)27)26(29)23(4,5)6/h7-13,22H,14-15H2,1-6H3/q-1. The number of aromatic nitrogens is 1. The van der Waals surface area contributed by atoms with E-state index in [2.05, 4.69) is 4.98 Å². The fourth-order valence-corrected chi connectivity index (χ4v) is 2.88. The van der Waals surface area contributed by atoms with Crippen LogP contribution in [-0.4, -0.2) is 39.1 Å². The van der Waals surface area contributed by atoms with Gasteiger partial charge < -0.3 is 14.7 Å². The first-order chi connectivity index (χ1) is 14.5. The third-order valence-electron chi connectivity index (χ3n) is 4.43. The molecule has 168 valence electrons. The zero-order valence-corrected chi connectivity index (χ0v) is 18.9. The smallest absolute Gasteiger partial charge is 0.303 e. The second kappa shape index (κ2) is 10.4. The van der Waals surface area contributed by atoms with Crippen molar-refractivity contribution < 1.29 is 19.1 Å². The van der Waals surface area contributed by atoms with Crippen LogP contribution >= 0.6 is 0 Å². The summed E-state index contributed by atoms with van der Waals surface area (Å²) in [7, 11) is 0. The fourth-order valence-electron chi connectivity index (χ4n) is 2.88. The van der Waals surface area contributed by atoms with E-state index in [9.17, 15) is 14.8 Å². The van der Waals surface area contributed by atoms with E-state index < -0.39 is 23.5 Å². The average Bonchev–Trinajstić information content (AvgIpc) is 2.69. The monoisotopic (exact) mass is 428 g/mol. The first kappa shape index (κ1) is 24.3. The Labute approximate surface area is 183 Å². The number of amides is 1. The molecule has 1 aromatic heterocycles. The number of ether oxygens (including phenoxy) is 2. The Morgan fingerprint density at radius 1 is 1.10 bits per heavy atom. The molecule has 1 heterocycles. The zero-order valence-electron chi connectivity index (χ0n) is 18.9. The number of hydrazine groups is 1. The third kappa shape index (κ3) is 7.04. The molecule has 1 amide bonds. The fraction of sp³-hybridized carbons (Fsp3) is 0.435. The van der Waals surface area contributed by atoms with Gasteiger partial charge in [0.1, 0.15) is 12.4 Å². The van der Waals surface area contributed by atoms with Gasteiger partial charge in [-0.15, -0.1) is 0 Å². The number of pyridine rings is 1. The van der Waals surface area contributed by atoms with Crippen molar-refractivity contribution in [3.63, 3.8) is 0 Å². The summed E-state index contributed by atoms with van der Waals surface area (Å²) in [5.41, 5.74) is 1.21. The first-order valence-electron chi connectivity index (χ1n) is 10.1. The predicted octanol–water partition coefficient (Wildman–Crippen LogP) is 3.94. The number of hydrogen-bond acceptors (Lipinski definition) is 7. The van der Waals surface area contributed by atoms with Gasteiger partial charge in [-0.1, -0.05) is 30.3 Å². The summed E-state index contributed by atoms with van der Waals surface area (Å²) in [4.78, 5) is 28.3. The van der Waals surface area contributed by atoms with Crippen LogP contribution in [0.4, 0.5) is 0 Å². The van der Waals surface area contributed by atoms with Crippen LogP contribution in [0.15, 0.2) is 42.5 Å². The number of carbonyl (C=O) groups excluding carboxylic acids is 2. The summed E-state index contributed by atoms with van der Waals surface area (Å²) in [5.74, 6) is -0.398. The Balaban J connectivity index is 2.23. The Morgan fingerprint density at radius 3 is 2.26 bits per heavy atom. The van der Waals surface area contributed by atoms with Crippen molar-refractivity contribution in [2.24, 2.45) is 0 Å². The topological polar surface area (TPSA) is 95.0 Å². The van der Waals surface area contributed by atoms with Crippen LogP contribution in [0.2, 0.25) is 0 Å². The van der Waals surface area contributed by atoms with Gasteiger partial charge in [-0.2, -0.15) is 0 Å². The molecular formula is C23H30N3O5-. The Morgan fingerprint density at radius 2 is 1.74 bits per heavy atom. The summed E-state index contributed by atoms with van der Waals surface area (Å²) in [6.45, 7) is 9.67. The summed E-state index contributed by atoms with van der Waals surface area (Å²) >= 11 is 0. The van der Waals surface area contributed by atoms with Gasteiger partial charge in [0.15, 0.2) is 6.10 Å². The van der Waals surface area contributed by atoms with E-state index in [1.807, 2.05) is 30.3 Å². The van der Waals surface area contributed by atoms with Crippen molar-refractivity contribution in [1.82, 2.24) is 15.2 Å². The highest BCUT2D eigenvalue weighted by Gasteiger charge is 2.27. The van der Waals surface area contributed by atoms with Crippen LogP contribution in [0, 0.1) is 12.1 Å². The van der Waals surface area contributed by atoms with Crippen molar-refractivity contribution in [3.05, 3.63) is 64.6 Å². The highest BCUT2D eigenvalue weighted by molar-refractivity contribution is 5.73. The SMILES string of the molecule is CC(=O)OC(CN(C(C)=O)N([O-])C(C)(C)C)c1ccc(OCc2ccccc2)c(C)n1. The normalized spacial score (nSPS) is 12.4. The van der Waals surface area contributed by atoms with Gasteiger partial charge in [-0.3, -0.25) is 24.8 Å². The predicted molar refractivity (Wildman–Crippen MR) is 117 cm³/mol. The lowest BCUT2D eigenvalue weighted by atomic mass is 10.1. The second-order valence-electron chi connectivity index (χ2n) is 8.24. The molecule has 0 aliphatic carbocycles. The van der Waals surface area contributed by atoms with Gasteiger partial charge in [0, 0.05) is 19.4 Å². The van der Waals surface area contributed by atoms with Crippen LogP contribution in [0.5, 0.6) is 5.75 Å². The van der Waals surface area contributed by atoms with Crippen LogP contribution in [0.25, 0.3) is 0 Å². The molecule has 0 saturated carbocycles. The van der Waals surface area contributed by atoms with Gasteiger partial charge in [-0.25, -0.2) is 0 Å². The lowest BCUT2D eigenvalue weighted by molar-refractivity contribution is -0.162. The van der Waals surface area contributed by atoms with E-state index in [-0.39, 0.29) is 6.54 Å². The highest BCUT2D eigenvalue weighted by atomic mass is 16.6. The van der Waals surface area contributed by atoms with Crippen LogP contribution in [-0.2, 0) is 20.9 Å². The van der Waals surface area contributed by atoms with E-state index in [1.165, 1.54) is 13.8 Å². The number of rotatable bonds is 8. The van der Waals surface area contributed by atoms with Crippen molar-refractivity contribution in [2.75, 3.05) is 6.54 Å². The summed E-state index contributed by atoms with van der Waals surface area (Å²) in [5, 5.41) is 14.3. The molecule has 1 atom stereocenters. The Hall–Kier alpha value is -2.97. The average molecular weight is 429 g/mol. The number of aryl methyl sites for hydroxylation is 1. The van der Waals surface area contributed by atoms with Crippen molar-refractivity contribution in [3.8, 4) is 5.75 Å². The molecule has 0 bridgehead atoms. The number of nitrogens with zero attached hydrogens (tertiary/aromatic N) is 3. The minimum absolute atomic E-state index is 0.146. The van der Waals surface area contributed by atoms with Crippen LogP contribution in [0.3, 0.4) is 0 Å². The molecule has 2 aromatic rings. The molecule has 1 unspecified atom stereocenters. The number of carbonyl (C=O) groups is 2. The molecule has 0 radical (unpaired) electrons. The quantitative estimate of drug-likeness (QED) is 0.464. The molecule has 8 heteroatoms. The van der Waals surface area contributed by atoms with Gasteiger partial charge in [0.05, 0.1) is 17.9 Å². The van der Waals surface area contributed by atoms with E-state index in [1.54, 1.807) is 39.8 Å². The first-order valence-corrected chi connectivity index (χ1v) is 10.1. The van der Waals surface area contributed by atoms with E-state index in [0.29, 0.717) is 28.9 Å². The van der Waals surface area contributed by atoms with Crippen molar-refractivity contribution >= 4 is 11.9 Å². The molecule has 8 nitrogen and oxygen atoms in total. The van der Waals surface area contributed by atoms with E-state index in [4.69, 9.17) is 9.47 Å². The van der Waals surface area contributed by atoms with E-state index >= 15 is 0 Å². The van der Waals surface area contributed by atoms with Crippen molar-refractivity contribution in [2.45, 2.75) is 59.8 Å². The maximum absolute atomic E-state index is 12.6. The van der Waals surface area contributed by atoms with Crippen LogP contribution < -0.4 is 4.74 Å². The molecule has 0 aliphatic heterocycles. The number of benzene rings is 1. The lowest BCUT2D eigenvalue weighted by Gasteiger charge is -2.49. The zero-order chi connectivity index (χ0) is 23.2. The van der Waals surface area contributed by atoms with E-state index in [0.717, 1.165) is 10.6 Å². The number of hydrogen-bond donors (Lipinski definition) is 0. The molecule has 0 spiro atoms. The second-order valence-corrected chi connectivity index (χ2v) is 8.24. The maximum atomic E-state index is 12.6. The van der Waals surface area contributed by atoms with Gasteiger partial charge in [-0.05, 0) is 45.4 Å².